The fraction of sp³-hybridized carbons (Fsp3) is 0.867. The summed E-state index contributed by atoms with van der Waals surface area (Å²) in [5.74, 6) is 1.19. The number of nitrogens with one attached hydrogen (secondary N) is 1. The molecule has 0 spiro atoms. The fourth-order valence-corrected chi connectivity index (χ4v) is 5.14. The molecule has 1 aliphatic carbocycles. The summed E-state index contributed by atoms with van der Waals surface area (Å²) in [5, 5.41) is 13.0. The summed E-state index contributed by atoms with van der Waals surface area (Å²) in [5.41, 5.74) is -0.0884. The third kappa shape index (κ3) is 2.34. The molecule has 0 aromatic rings. The first kappa shape index (κ1) is 13.5. The molecule has 2 amide bonds. The smallest absolute Gasteiger partial charge is 0.240 e. The fourth-order valence-electron chi connectivity index (χ4n) is 5.14. The number of carbonyl (C=O) groups is 2. The number of carbonyl (C=O) groups excluding carboxylic acids is 2. The van der Waals surface area contributed by atoms with Crippen molar-refractivity contribution in [3.8, 4) is 0 Å². The Balaban J connectivity index is 1.41. The number of hydrogen-bond donors (Lipinski definition) is 2. The van der Waals surface area contributed by atoms with Crippen LogP contribution in [0.15, 0.2) is 0 Å². The van der Waals surface area contributed by atoms with Crippen LogP contribution in [-0.4, -0.2) is 64.7 Å². The van der Waals surface area contributed by atoms with Crippen LogP contribution >= 0.6 is 0 Å². The van der Waals surface area contributed by atoms with Crippen molar-refractivity contribution in [3.05, 3.63) is 0 Å². The van der Waals surface area contributed by atoms with Crippen LogP contribution in [0.5, 0.6) is 0 Å². The van der Waals surface area contributed by atoms with E-state index in [2.05, 4.69) is 10.2 Å². The minimum atomic E-state index is -0.789. The van der Waals surface area contributed by atoms with E-state index in [-0.39, 0.29) is 23.9 Å². The Kier molecular flexibility index (Phi) is 3.01. The SMILES string of the molecule is O=C(CN1C(=O)CCC1O)NC12C[C@@H]3C[C@@H](CN(C3)C1)C2. The van der Waals surface area contributed by atoms with Crippen molar-refractivity contribution in [2.45, 2.75) is 43.9 Å². The average molecular weight is 293 g/mol. The van der Waals surface area contributed by atoms with Crippen LogP contribution in [0, 0.1) is 11.8 Å². The van der Waals surface area contributed by atoms with E-state index in [1.165, 1.54) is 24.4 Å². The maximum atomic E-state index is 12.3. The Morgan fingerprint density at radius 3 is 2.62 bits per heavy atom. The van der Waals surface area contributed by atoms with Crippen molar-refractivity contribution >= 4 is 11.8 Å². The maximum Gasteiger partial charge on any atom is 0.240 e. The van der Waals surface area contributed by atoms with Crippen LogP contribution in [0.1, 0.15) is 32.1 Å². The van der Waals surface area contributed by atoms with Crippen molar-refractivity contribution in [1.29, 1.82) is 0 Å². The van der Waals surface area contributed by atoms with Gasteiger partial charge in [-0.3, -0.25) is 9.59 Å². The lowest BCUT2D eigenvalue weighted by Gasteiger charge is -2.58. The Morgan fingerprint density at radius 2 is 2.05 bits per heavy atom. The second-order valence-corrected chi connectivity index (χ2v) is 7.44. The van der Waals surface area contributed by atoms with Crippen molar-refractivity contribution in [3.63, 3.8) is 0 Å². The van der Waals surface area contributed by atoms with Gasteiger partial charge in [0.15, 0.2) is 0 Å². The van der Waals surface area contributed by atoms with Crippen LogP contribution < -0.4 is 5.32 Å². The number of hydrogen-bond acceptors (Lipinski definition) is 4. The standard InChI is InChI=1S/C15H23N3O3/c19-12(8-18-13(20)1-2-14(18)21)16-15-4-10-3-11(5-15)7-17(6-10)9-15/h10-11,13,20H,1-9H2,(H,16,19)/t10-,11+,13?,15?. The van der Waals surface area contributed by atoms with Crippen LogP contribution in [0.2, 0.25) is 0 Å². The van der Waals surface area contributed by atoms with Crippen molar-refractivity contribution < 1.29 is 14.7 Å². The van der Waals surface area contributed by atoms with Gasteiger partial charge >= 0.3 is 0 Å². The summed E-state index contributed by atoms with van der Waals surface area (Å²) in [6.07, 6.45) is 3.44. The second-order valence-electron chi connectivity index (χ2n) is 7.44. The molecule has 3 unspecified atom stereocenters. The van der Waals surface area contributed by atoms with Crippen molar-refractivity contribution in [2.75, 3.05) is 26.2 Å². The summed E-state index contributed by atoms with van der Waals surface area (Å²) >= 11 is 0. The van der Waals surface area contributed by atoms with Gasteiger partial charge in [0.1, 0.15) is 12.8 Å². The normalized spacial score (nSPS) is 44.4. The molecule has 0 radical (unpaired) electrons. The molecule has 4 saturated heterocycles. The lowest BCUT2D eigenvalue weighted by molar-refractivity contribution is -0.141. The molecular formula is C15H23N3O3. The molecule has 5 fully saturated rings. The summed E-state index contributed by atoms with van der Waals surface area (Å²) in [6.45, 7) is 3.30. The highest BCUT2D eigenvalue weighted by Gasteiger charge is 2.51. The molecule has 5 aliphatic rings. The third-order valence-electron chi connectivity index (χ3n) is 5.60. The summed E-state index contributed by atoms with van der Waals surface area (Å²) in [4.78, 5) is 27.8. The van der Waals surface area contributed by atoms with Gasteiger partial charge < -0.3 is 20.2 Å². The van der Waals surface area contributed by atoms with Gasteiger partial charge in [-0.25, -0.2) is 0 Å². The lowest BCUT2D eigenvalue weighted by Crippen LogP contribution is -2.69. The Morgan fingerprint density at radius 1 is 1.33 bits per heavy atom. The molecule has 0 aromatic carbocycles. The third-order valence-corrected chi connectivity index (χ3v) is 5.60. The topological polar surface area (TPSA) is 72.9 Å². The highest BCUT2D eigenvalue weighted by atomic mass is 16.3. The monoisotopic (exact) mass is 293 g/mol. The van der Waals surface area contributed by atoms with Crippen molar-refractivity contribution in [2.24, 2.45) is 11.8 Å². The van der Waals surface area contributed by atoms with E-state index >= 15 is 0 Å². The zero-order valence-corrected chi connectivity index (χ0v) is 12.3. The first-order valence-electron chi connectivity index (χ1n) is 8.04. The van der Waals surface area contributed by atoms with Gasteiger partial charge in [-0.1, -0.05) is 0 Å². The van der Waals surface area contributed by atoms with Gasteiger partial charge in [-0.15, -0.1) is 0 Å². The Hall–Kier alpha value is -1.14. The van der Waals surface area contributed by atoms with Gasteiger partial charge in [0.05, 0.1) is 5.54 Å². The quantitative estimate of drug-likeness (QED) is 0.738. The summed E-state index contributed by atoms with van der Waals surface area (Å²) < 4.78 is 0. The van der Waals surface area contributed by atoms with E-state index in [1.54, 1.807) is 0 Å². The molecule has 21 heavy (non-hydrogen) atoms. The van der Waals surface area contributed by atoms with Gasteiger partial charge in [0.2, 0.25) is 11.8 Å². The van der Waals surface area contributed by atoms with E-state index in [0.29, 0.717) is 24.7 Å². The molecule has 116 valence electrons. The van der Waals surface area contributed by atoms with E-state index < -0.39 is 6.23 Å². The minimum absolute atomic E-state index is 0.00289. The number of likely N-dealkylation sites (tertiary alicyclic amines) is 1. The van der Waals surface area contributed by atoms with E-state index in [9.17, 15) is 14.7 Å². The van der Waals surface area contributed by atoms with Gasteiger partial charge in [0, 0.05) is 32.5 Å². The molecule has 4 heterocycles. The molecule has 4 bridgehead atoms. The molecule has 6 nitrogen and oxygen atoms in total. The maximum absolute atomic E-state index is 12.3. The van der Waals surface area contributed by atoms with Crippen LogP contribution in [0.3, 0.4) is 0 Å². The highest BCUT2D eigenvalue weighted by molar-refractivity contribution is 5.86. The molecular weight excluding hydrogens is 270 g/mol. The summed E-state index contributed by atoms with van der Waals surface area (Å²) in [7, 11) is 0. The Bertz CT molecular complexity index is 444. The van der Waals surface area contributed by atoms with Gasteiger partial charge in [-0.2, -0.15) is 0 Å². The zero-order chi connectivity index (χ0) is 14.6. The van der Waals surface area contributed by atoms with E-state index in [4.69, 9.17) is 0 Å². The largest absolute Gasteiger partial charge is 0.373 e. The van der Waals surface area contributed by atoms with Gasteiger partial charge in [0.25, 0.3) is 0 Å². The van der Waals surface area contributed by atoms with Crippen molar-refractivity contribution in [1.82, 2.24) is 15.1 Å². The predicted molar refractivity (Wildman–Crippen MR) is 75.1 cm³/mol. The first-order valence-corrected chi connectivity index (χ1v) is 8.04. The second kappa shape index (κ2) is 4.68. The first-order chi connectivity index (χ1) is 10.0. The van der Waals surface area contributed by atoms with Gasteiger partial charge in [-0.05, 0) is 31.1 Å². The molecule has 2 N–H and O–H groups in total. The average Bonchev–Trinajstić information content (AvgIpc) is 2.68. The molecule has 4 aliphatic heterocycles. The molecule has 1 saturated carbocycles. The number of aliphatic hydroxyl groups excluding tert-OH is 1. The minimum Gasteiger partial charge on any atom is -0.373 e. The predicted octanol–water partition coefficient (Wildman–Crippen LogP) is -0.472. The van der Waals surface area contributed by atoms with E-state index in [0.717, 1.165) is 19.4 Å². The number of piperidine rings is 3. The van der Waals surface area contributed by atoms with Crippen LogP contribution in [-0.2, 0) is 9.59 Å². The highest BCUT2D eigenvalue weighted by Crippen LogP contribution is 2.45. The number of amides is 2. The van der Waals surface area contributed by atoms with E-state index in [1.807, 2.05) is 0 Å². The molecule has 0 aromatic heterocycles. The van der Waals surface area contributed by atoms with Crippen LogP contribution in [0.25, 0.3) is 0 Å². The number of nitrogens with zero attached hydrogens (tertiary/aromatic N) is 2. The lowest BCUT2D eigenvalue weighted by atomic mass is 9.64. The Labute approximate surface area is 124 Å². The molecule has 5 atom stereocenters. The number of aliphatic hydroxyl groups is 1. The van der Waals surface area contributed by atoms with Crippen LogP contribution in [0.4, 0.5) is 0 Å². The molecule has 5 rings (SSSR count). The number of rotatable bonds is 3. The summed E-state index contributed by atoms with van der Waals surface area (Å²) in [6, 6.07) is 0. The molecule has 6 heteroatoms. The zero-order valence-electron chi connectivity index (χ0n) is 12.3.